The summed E-state index contributed by atoms with van der Waals surface area (Å²) in [7, 11) is -3.09. The number of unbranched alkanes of at least 4 members (excludes halogenated alkanes) is 1. The van der Waals surface area contributed by atoms with E-state index in [1.165, 1.54) is 0 Å². The molecule has 2 aliphatic rings. The summed E-state index contributed by atoms with van der Waals surface area (Å²) in [5, 5.41) is 25.0. The van der Waals surface area contributed by atoms with Crippen LogP contribution in [0.25, 0.3) is 0 Å². The van der Waals surface area contributed by atoms with Crippen LogP contribution in [-0.2, 0) is 16.4 Å². The number of aliphatic hydroxyl groups is 2. The molecule has 4 atom stereocenters. The number of ether oxygens (including phenoxy) is 1. The van der Waals surface area contributed by atoms with Crippen LogP contribution in [0.1, 0.15) is 75.0 Å². The van der Waals surface area contributed by atoms with Gasteiger partial charge in [-0.15, -0.1) is 0 Å². The van der Waals surface area contributed by atoms with E-state index in [0.717, 1.165) is 37.7 Å². The molecule has 3 N–H and O–H groups in total. The Morgan fingerprint density at radius 3 is 2.38 bits per heavy atom. The van der Waals surface area contributed by atoms with Crippen LogP contribution in [0, 0.1) is 0 Å². The van der Waals surface area contributed by atoms with Gasteiger partial charge in [0.2, 0.25) is 0 Å². The summed E-state index contributed by atoms with van der Waals surface area (Å²) < 4.78 is 45.0. The Labute approximate surface area is 238 Å². The van der Waals surface area contributed by atoms with Crippen molar-refractivity contribution in [1.82, 2.24) is 10.2 Å². The van der Waals surface area contributed by atoms with E-state index in [2.05, 4.69) is 5.32 Å². The Morgan fingerprint density at radius 1 is 0.975 bits per heavy atom. The number of aliphatic hydroxyl groups excluding tert-OH is 2. The van der Waals surface area contributed by atoms with Crippen LogP contribution in [0.5, 0.6) is 5.75 Å². The molecule has 9 heteroatoms. The fourth-order valence-electron chi connectivity index (χ4n) is 5.77. The van der Waals surface area contributed by atoms with Crippen LogP contribution >= 0.6 is 0 Å². The first kappa shape index (κ1) is 30.9. The Bertz CT molecular complexity index is 1110. The summed E-state index contributed by atoms with van der Waals surface area (Å²) in [5.74, 6) is 0.841. The molecule has 0 bridgehead atoms. The molecule has 1 aliphatic heterocycles. The zero-order valence-electron chi connectivity index (χ0n) is 23.3. The third kappa shape index (κ3) is 9.52. The van der Waals surface area contributed by atoms with E-state index < -0.39 is 34.4 Å². The number of benzene rings is 2. The molecule has 0 amide bonds. The number of nitrogens with one attached hydrogen (secondary N) is 1. The van der Waals surface area contributed by atoms with Gasteiger partial charge in [-0.25, -0.2) is 12.8 Å². The number of nitrogens with zero attached hydrogens (tertiary/aromatic N) is 1. The monoisotopic (exact) mass is 576 g/mol. The number of sulfone groups is 1. The summed E-state index contributed by atoms with van der Waals surface area (Å²) in [6.45, 7) is 1.75. The number of hydrogen-bond donors (Lipinski definition) is 3. The summed E-state index contributed by atoms with van der Waals surface area (Å²) in [6.07, 6.45) is 3.82. The minimum atomic E-state index is -3.09. The zero-order chi connectivity index (χ0) is 28.4. The molecule has 1 aliphatic carbocycles. The molecular weight excluding hydrogens is 531 g/mol. The standard InChI is InChI=1S/C31H45FN2O5S/c32-26-18-19-34(21-26)22-29(33-30(35)13-7-8-20-40(37,38)28-11-5-2-6-12-28)31(36)25-14-16-27(17-15-25)39-23-24-9-3-1-4-10-24/h1,3-4,9-10,14-17,26,28-31,33,35-36H,2,5-8,11-13,18-23H2/t26-,29-,30?,31-/m1/s1. The summed E-state index contributed by atoms with van der Waals surface area (Å²) in [6, 6.07) is 16.6. The van der Waals surface area contributed by atoms with Crippen LogP contribution in [0.15, 0.2) is 54.6 Å². The van der Waals surface area contributed by atoms with Crippen molar-refractivity contribution in [3.63, 3.8) is 0 Å². The highest BCUT2D eigenvalue weighted by molar-refractivity contribution is 7.92. The van der Waals surface area contributed by atoms with Crippen molar-refractivity contribution >= 4 is 9.84 Å². The van der Waals surface area contributed by atoms with Crippen molar-refractivity contribution in [2.45, 2.75) is 94.2 Å². The molecule has 1 saturated carbocycles. The van der Waals surface area contributed by atoms with Gasteiger partial charge in [0.1, 0.15) is 24.8 Å². The quantitative estimate of drug-likeness (QED) is 0.212. The van der Waals surface area contributed by atoms with Crippen molar-refractivity contribution in [2.75, 3.05) is 25.4 Å². The average Bonchev–Trinajstić information content (AvgIpc) is 3.39. The molecule has 7 nitrogen and oxygen atoms in total. The first-order valence-electron chi connectivity index (χ1n) is 14.8. The van der Waals surface area contributed by atoms with E-state index >= 15 is 0 Å². The van der Waals surface area contributed by atoms with Gasteiger partial charge in [0.15, 0.2) is 9.84 Å². The van der Waals surface area contributed by atoms with Crippen LogP contribution < -0.4 is 10.1 Å². The Morgan fingerprint density at radius 2 is 1.70 bits per heavy atom. The molecular formula is C31H45FN2O5S. The lowest BCUT2D eigenvalue weighted by Gasteiger charge is -2.31. The molecule has 40 heavy (non-hydrogen) atoms. The smallest absolute Gasteiger partial charge is 0.153 e. The van der Waals surface area contributed by atoms with Gasteiger partial charge in [0.05, 0.1) is 23.1 Å². The lowest BCUT2D eigenvalue weighted by molar-refractivity contribution is 0.0460. The molecule has 1 saturated heterocycles. The topological polar surface area (TPSA) is 99.1 Å². The maximum absolute atomic E-state index is 13.8. The lowest BCUT2D eigenvalue weighted by atomic mass is 10.0. The third-order valence-electron chi connectivity index (χ3n) is 8.14. The van der Waals surface area contributed by atoms with Gasteiger partial charge in [0, 0.05) is 19.6 Å². The molecule has 2 aromatic carbocycles. The molecule has 0 spiro atoms. The second kappa shape index (κ2) is 15.3. The van der Waals surface area contributed by atoms with Crippen molar-refractivity contribution in [1.29, 1.82) is 0 Å². The Hall–Kier alpha value is -2.04. The normalized spacial score (nSPS) is 21.2. The van der Waals surface area contributed by atoms with Crippen molar-refractivity contribution < 1.29 is 27.8 Å². The molecule has 1 unspecified atom stereocenters. The van der Waals surface area contributed by atoms with Gasteiger partial charge in [-0.05, 0) is 61.8 Å². The van der Waals surface area contributed by atoms with E-state index in [9.17, 15) is 23.0 Å². The van der Waals surface area contributed by atoms with Gasteiger partial charge in [0.25, 0.3) is 0 Å². The zero-order valence-corrected chi connectivity index (χ0v) is 24.2. The molecule has 1 heterocycles. The number of rotatable bonds is 15. The van der Waals surface area contributed by atoms with Gasteiger partial charge < -0.3 is 14.9 Å². The maximum atomic E-state index is 13.8. The number of hydrogen-bond acceptors (Lipinski definition) is 7. The van der Waals surface area contributed by atoms with Gasteiger partial charge in [-0.3, -0.25) is 10.2 Å². The van der Waals surface area contributed by atoms with Gasteiger partial charge in [-0.2, -0.15) is 0 Å². The number of halogens is 1. The molecule has 0 aromatic heterocycles. The highest BCUT2D eigenvalue weighted by Crippen LogP contribution is 2.26. The maximum Gasteiger partial charge on any atom is 0.153 e. The van der Waals surface area contributed by atoms with Crippen LogP contribution in [0.3, 0.4) is 0 Å². The molecule has 4 rings (SSSR count). The highest BCUT2D eigenvalue weighted by atomic mass is 32.2. The van der Waals surface area contributed by atoms with E-state index in [1.807, 2.05) is 59.5 Å². The summed E-state index contributed by atoms with van der Waals surface area (Å²) in [4.78, 5) is 1.96. The van der Waals surface area contributed by atoms with E-state index in [4.69, 9.17) is 4.74 Å². The predicted molar refractivity (Wildman–Crippen MR) is 156 cm³/mol. The predicted octanol–water partition coefficient (Wildman–Crippen LogP) is 4.54. The van der Waals surface area contributed by atoms with E-state index in [0.29, 0.717) is 63.2 Å². The molecule has 2 fully saturated rings. The minimum Gasteiger partial charge on any atom is -0.489 e. The SMILES string of the molecule is O=S(=O)(CCCCC(O)N[C@H](CN1CC[C@@H](F)C1)[C@H](O)c1ccc(OCc2ccccc2)cc1)C1CCCCC1. The second-order valence-corrected chi connectivity index (χ2v) is 13.7. The number of likely N-dealkylation sites (tertiary alicyclic amines) is 1. The van der Waals surface area contributed by atoms with Gasteiger partial charge >= 0.3 is 0 Å². The van der Waals surface area contributed by atoms with E-state index in [1.54, 1.807) is 0 Å². The highest BCUT2D eigenvalue weighted by Gasteiger charge is 2.30. The van der Waals surface area contributed by atoms with Crippen molar-refractivity contribution in [3.05, 3.63) is 65.7 Å². The average molecular weight is 577 g/mol. The van der Waals surface area contributed by atoms with Crippen molar-refractivity contribution in [2.24, 2.45) is 0 Å². The molecule has 222 valence electrons. The second-order valence-electron chi connectivity index (χ2n) is 11.3. The lowest BCUT2D eigenvalue weighted by Crippen LogP contribution is -2.48. The summed E-state index contributed by atoms with van der Waals surface area (Å²) >= 11 is 0. The largest absolute Gasteiger partial charge is 0.489 e. The van der Waals surface area contributed by atoms with Crippen LogP contribution in [-0.4, -0.2) is 72.6 Å². The Balaban J connectivity index is 1.29. The Kier molecular flexibility index (Phi) is 11.8. The summed E-state index contributed by atoms with van der Waals surface area (Å²) in [5.41, 5.74) is 1.74. The van der Waals surface area contributed by atoms with Gasteiger partial charge in [-0.1, -0.05) is 61.7 Å². The molecule has 2 aromatic rings. The number of alkyl halides is 1. The van der Waals surface area contributed by atoms with Crippen LogP contribution in [0.4, 0.5) is 4.39 Å². The van der Waals surface area contributed by atoms with E-state index in [-0.39, 0.29) is 11.0 Å². The first-order valence-corrected chi connectivity index (χ1v) is 16.5. The minimum absolute atomic E-state index is 0.154. The van der Waals surface area contributed by atoms with Crippen molar-refractivity contribution in [3.8, 4) is 5.75 Å². The van der Waals surface area contributed by atoms with Crippen LogP contribution in [0.2, 0.25) is 0 Å². The molecule has 0 radical (unpaired) electrons. The fraction of sp³-hybridized carbons (Fsp3) is 0.613. The first-order chi connectivity index (χ1) is 19.3. The fourth-order valence-corrected chi connectivity index (χ4v) is 7.76. The third-order valence-corrected chi connectivity index (χ3v) is 10.5.